The predicted molar refractivity (Wildman–Crippen MR) is 295 cm³/mol. The topological polar surface area (TPSA) is 58.4 Å². The Morgan fingerprint density at radius 3 is 1.87 bits per heavy atom. The van der Waals surface area contributed by atoms with Crippen LogP contribution in [0.5, 0.6) is 0 Å². The van der Waals surface area contributed by atoms with Crippen LogP contribution in [-0.2, 0) is 0 Å². The third-order valence-corrected chi connectivity index (χ3v) is 14.5. The normalized spacial score (nSPS) is 14.9. The van der Waals surface area contributed by atoms with Gasteiger partial charge < -0.3 is 9.13 Å². The van der Waals surface area contributed by atoms with Crippen LogP contribution >= 0.6 is 0 Å². The monoisotopic (exact) mass is 913 g/mol. The van der Waals surface area contributed by atoms with Gasteiger partial charge in [-0.25, -0.2) is 0 Å². The number of allylic oxidation sites excluding steroid dienone is 9. The molecule has 2 aliphatic carbocycles. The van der Waals surface area contributed by atoms with Gasteiger partial charge in [-0.2, -0.15) is 15.0 Å². The molecule has 71 heavy (non-hydrogen) atoms. The fourth-order valence-corrected chi connectivity index (χ4v) is 11.4. The molecule has 0 aliphatic heterocycles. The molecule has 1 atom stereocenters. The first-order chi connectivity index (χ1) is 35.2. The summed E-state index contributed by atoms with van der Waals surface area (Å²) in [5.74, 6) is 1.66. The zero-order valence-corrected chi connectivity index (χ0v) is 39.2. The molecule has 0 spiro atoms. The Labute approximate surface area is 410 Å². The summed E-state index contributed by atoms with van der Waals surface area (Å²) in [6, 6.07) is 61.1. The van der Waals surface area contributed by atoms with Crippen molar-refractivity contribution in [3.8, 4) is 45.8 Å². The van der Waals surface area contributed by atoms with Gasteiger partial charge in [0.1, 0.15) is 0 Å². The fourth-order valence-electron chi connectivity index (χ4n) is 11.4. The van der Waals surface area contributed by atoms with Gasteiger partial charge >= 0.3 is 0 Å². The maximum atomic E-state index is 5.73. The first-order valence-corrected chi connectivity index (χ1v) is 24.7. The van der Waals surface area contributed by atoms with E-state index in [2.05, 4.69) is 250 Å². The van der Waals surface area contributed by atoms with Crippen LogP contribution in [0.15, 0.2) is 218 Å². The molecule has 12 aromatic rings. The number of fused-ring (bicyclic) bond motifs is 9. The fraction of sp³-hybridized carbons (Fsp3) is 0.0781. The molecule has 2 aliphatic rings. The lowest BCUT2D eigenvalue weighted by Crippen LogP contribution is -2.12. The Balaban J connectivity index is 1.11. The molecular formula is C64H47N7. The third kappa shape index (κ3) is 6.46. The van der Waals surface area contributed by atoms with E-state index in [1.807, 2.05) is 0 Å². The van der Waals surface area contributed by atoms with Crippen molar-refractivity contribution < 1.29 is 0 Å². The van der Waals surface area contributed by atoms with Crippen LogP contribution in [0.1, 0.15) is 37.8 Å². The molecule has 0 N–H and O–H groups in total. The van der Waals surface area contributed by atoms with Gasteiger partial charge in [-0.05, 0) is 73.7 Å². The van der Waals surface area contributed by atoms with Crippen LogP contribution < -0.4 is 0 Å². The predicted octanol–water partition coefficient (Wildman–Crippen LogP) is 16.3. The molecule has 0 amide bonds. The molecule has 5 heterocycles. The van der Waals surface area contributed by atoms with Crippen LogP contribution in [0.25, 0.3) is 123 Å². The summed E-state index contributed by atoms with van der Waals surface area (Å²) in [7, 11) is 0. The number of aromatic nitrogens is 7. The largest absolute Gasteiger partial charge is 0.331 e. The minimum atomic E-state index is 0.119. The van der Waals surface area contributed by atoms with Crippen molar-refractivity contribution in [2.24, 2.45) is 0 Å². The first kappa shape index (κ1) is 40.9. The van der Waals surface area contributed by atoms with E-state index < -0.39 is 0 Å². The van der Waals surface area contributed by atoms with Gasteiger partial charge in [0.25, 0.3) is 0 Å². The molecule has 0 fully saturated rings. The van der Waals surface area contributed by atoms with Gasteiger partial charge in [-0.1, -0.05) is 188 Å². The molecule has 7 heteroatoms. The summed E-state index contributed by atoms with van der Waals surface area (Å²) < 4.78 is 9.56. The van der Waals surface area contributed by atoms with Crippen LogP contribution in [-0.4, -0.2) is 33.2 Å². The molecule has 7 nitrogen and oxygen atoms in total. The Kier molecular flexibility index (Phi) is 9.56. The number of hydrogen-bond acceptors (Lipinski definition) is 3. The highest BCUT2D eigenvalue weighted by molar-refractivity contribution is 6.23. The van der Waals surface area contributed by atoms with Crippen molar-refractivity contribution in [3.05, 3.63) is 224 Å². The van der Waals surface area contributed by atoms with E-state index in [4.69, 9.17) is 15.0 Å². The van der Waals surface area contributed by atoms with Crippen LogP contribution in [0, 0.1) is 0 Å². The van der Waals surface area contributed by atoms with E-state index in [1.165, 1.54) is 21.7 Å². The lowest BCUT2D eigenvalue weighted by atomic mass is 10.0. The van der Waals surface area contributed by atoms with Crippen molar-refractivity contribution in [1.82, 2.24) is 33.2 Å². The zero-order chi connectivity index (χ0) is 47.0. The van der Waals surface area contributed by atoms with Crippen molar-refractivity contribution in [1.29, 1.82) is 0 Å². The summed E-state index contributed by atoms with van der Waals surface area (Å²) in [5.41, 5.74) is 14.1. The van der Waals surface area contributed by atoms with E-state index in [0.717, 1.165) is 102 Å². The highest BCUT2D eigenvalue weighted by Gasteiger charge is 2.28. The summed E-state index contributed by atoms with van der Waals surface area (Å²) in [6.45, 7) is 2.10. The standard InChI is InChI=1S/C64H47N7/c1-2-20-51-48-28-13-17-32-55(48)68(46-24-8-4-9-25-46)59(51)58-41-45-23-12-16-31-54(45)70(58)63-65-62(44-37-35-43(36-38-44)42-21-6-3-7-22-42)66-64(67-63)71-57-34-19-15-30-50(57)53-40-39-52-49-29-14-18-33-56(49)69(60(52)61(53)71)47-26-10-5-11-27-47/h2-3,5-8,10-26,28-41,47H,4,9,27H2,1H3/b20-2-. The molecule has 338 valence electrons. The summed E-state index contributed by atoms with van der Waals surface area (Å²) in [6.07, 6.45) is 23.1. The van der Waals surface area contributed by atoms with Gasteiger partial charge in [0, 0.05) is 54.7 Å². The molecule has 0 saturated carbocycles. The molecule has 7 aromatic carbocycles. The van der Waals surface area contributed by atoms with E-state index in [-0.39, 0.29) is 6.04 Å². The Bertz CT molecular complexity index is 4260. The average Bonchev–Trinajstić information content (AvgIpc) is 4.19. The quantitative estimate of drug-likeness (QED) is 0.153. The van der Waals surface area contributed by atoms with Crippen LogP contribution in [0.2, 0.25) is 0 Å². The maximum Gasteiger partial charge on any atom is 0.240 e. The van der Waals surface area contributed by atoms with Gasteiger partial charge in [0.2, 0.25) is 11.9 Å². The molecule has 0 saturated heterocycles. The Morgan fingerprint density at radius 1 is 0.507 bits per heavy atom. The molecule has 5 aromatic heterocycles. The van der Waals surface area contributed by atoms with Crippen molar-refractivity contribution in [3.63, 3.8) is 0 Å². The van der Waals surface area contributed by atoms with E-state index in [1.54, 1.807) is 0 Å². The number of para-hydroxylation sites is 4. The van der Waals surface area contributed by atoms with E-state index in [9.17, 15) is 0 Å². The summed E-state index contributed by atoms with van der Waals surface area (Å²) in [5, 5.41) is 6.97. The van der Waals surface area contributed by atoms with Crippen molar-refractivity contribution in [2.45, 2.75) is 32.2 Å². The second-order valence-corrected chi connectivity index (χ2v) is 18.6. The summed E-state index contributed by atoms with van der Waals surface area (Å²) >= 11 is 0. The van der Waals surface area contributed by atoms with Crippen LogP contribution in [0.3, 0.4) is 0 Å². The van der Waals surface area contributed by atoms with Crippen molar-refractivity contribution in [2.75, 3.05) is 0 Å². The molecule has 0 radical (unpaired) electrons. The molecular weight excluding hydrogens is 867 g/mol. The highest BCUT2D eigenvalue weighted by Crippen LogP contribution is 2.44. The lowest BCUT2D eigenvalue weighted by molar-refractivity contribution is 0.648. The highest BCUT2D eigenvalue weighted by atomic mass is 15.3. The van der Waals surface area contributed by atoms with Gasteiger partial charge in [-0.15, -0.1) is 0 Å². The molecule has 14 rings (SSSR count). The smallest absolute Gasteiger partial charge is 0.240 e. The second kappa shape index (κ2) is 16.6. The SMILES string of the molecule is C/C=C\c1c(-c2cc3ccccc3n2-c2nc(-c3ccc(-c4ccccc4)cc3)nc(-n3c4ccccc4c4ccc5c6ccccc6n(C6C=CC=CC6)c5c43)n2)n(C2=CCCC=C2)c2ccccc12. The number of nitrogens with zero attached hydrogens (tertiary/aromatic N) is 7. The minimum Gasteiger partial charge on any atom is -0.331 e. The van der Waals surface area contributed by atoms with Gasteiger partial charge in [0.05, 0.1) is 45.0 Å². The minimum absolute atomic E-state index is 0.119. The number of hydrogen-bond donors (Lipinski definition) is 0. The third-order valence-electron chi connectivity index (χ3n) is 14.5. The first-order valence-electron chi connectivity index (χ1n) is 24.7. The Hall–Kier alpha value is -9.07. The zero-order valence-electron chi connectivity index (χ0n) is 39.2. The van der Waals surface area contributed by atoms with E-state index >= 15 is 0 Å². The molecule has 1 unspecified atom stereocenters. The number of rotatable bonds is 8. The van der Waals surface area contributed by atoms with Gasteiger partial charge in [0.15, 0.2) is 5.82 Å². The van der Waals surface area contributed by atoms with E-state index in [0.29, 0.717) is 17.7 Å². The van der Waals surface area contributed by atoms with Crippen molar-refractivity contribution >= 4 is 77.2 Å². The molecule has 0 bridgehead atoms. The summed E-state index contributed by atoms with van der Waals surface area (Å²) in [4.78, 5) is 16.9. The van der Waals surface area contributed by atoms with Crippen LogP contribution in [0.4, 0.5) is 0 Å². The van der Waals surface area contributed by atoms with Gasteiger partial charge in [-0.3, -0.25) is 9.13 Å². The lowest BCUT2D eigenvalue weighted by Gasteiger charge is -2.20. The number of benzene rings is 7. The second-order valence-electron chi connectivity index (χ2n) is 18.6. The maximum absolute atomic E-state index is 5.73. The average molecular weight is 914 g/mol. The Morgan fingerprint density at radius 2 is 1.14 bits per heavy atom.